The van der Waals surface area contributed by atoms with Crippen molar-refractivity contribution in [1.29, 1.82) is 0 Å². The van der Waals surface area contributed by atoms with Gasteiger partial charge < -0.3 is 15.6 Å². The van der Waals surface area contributed by atoms with Crippen molar-refractivity contribution in [2.24, 2.45) is 5.73 Å². The summed E-state index contributed by atoms with van der Waals surface area (Å²) in [6.45, 7) is 6.42. The number of benzene rings is 1. The van der Waals surface area contributed by atoms with Crippen molar-refractivity contribution in [3.05, 3.63) is 87.5 Å². The molecule has 0 saturated carbocycles. The van der Waals surface area contributed by atoms with Crippen LogP contribution in [0, 0.1) is 0 Å². The van der Waals surface area contributed by atoms with Gasteiger partial charge in [-0.25, -0.2) is 4.98 Å². The molecule has 4 rings (SSSR count). The molecule has 0 spiro atoms. The number of allylic oxidation sites excluding steroid dienone is 3. The molecule has 0 amide bonds. The van der Waals surface area contributed by atoms with Crippen molar-refractivity contribution in [1.82, 2.24) is 14.5 Å². The van der Waals surface area contributed by atoms with Crippen LogP contribution >= 0.6 is 0 Å². The Morgan fingerprint density at radius 2 is 1.88 bits per heavy atom. The van der Waals surface area contributed by atoms with Crippen LogP contribution in [0.25, 0.3) is 6.08 Å². The molecule has 0 unspecified atom stereocenters. The summed E-state index contributed by atoms with van der Waals surface area (Å²) < 4.78 is 1.76. The number of nitrogens with one attached hydrogen (secondary N) is 1. The molecule has 2 aliphatic rings. The van der Waals surface area contributed by atoms with E-state index in [4.69, 9.17) is 5.73 Å². The van der Waals surface area contributed by atoms with Crippen molar-refractivity contribution < 1.29 is 0 Å². The second kappa shape index (κ2) is 11.3. The Morgan fingerprint density at radius 3 is 2.58 bits per heavy atom. The molecule has 33 heavy (non-hydrogen) atoms. The average molecular weight is 446 g/mol. The van der Waals surface area contributed by atoms with Gasteiger partial charge in [-0.15, -0.1) is 0 Å². The largest absolute Gasteiger partial charge is 0.363 e. The summed E-state index contributed by atoms with van der Waals surface area (Å²) in [5.74, 6) is 0.464. The van der Waals surface area contributed by atoms with E-state index in [9.17, 15) is 4.79 Å². The van der Waals surface area contributed by atoms with Gasteiger partial charge in [-0.2, -0.15) is 0 Å². The van der Waals surface area contributed by atoms with E-state index in [1.807, 2.05) is 6.07 Å². The Kier molecular flexibility index (Phi) is 7.92. The highest BCUT2D eigenvalue weighted by Crippen LogP contribution is 2.19. The zero-order valence-electron chi connectivity index (χ0n) is 19.5. The number of anilines is 1. The monoisotopic (exact) mass is 445 g/mol. The molecule has 2 heterocycles. The summed E-state index contributed by atoms with van der Waals surface area (Å²) in [7, 11) is 0. The Morgan fingerprint density at radius 1 is 1.15 bits per heavy atom. The molecule has 6 nitrogen and oxygen atoms in total. The van der Waals surface area contributed by atoms with E-state index < -0.39 is 0 Å². The zero-order chi connectivity index (χ0) is 23.0. The summed E-state index contributed by atoms with van der Waals surface area (Å²) in [6, 6.07) is 10.7. The molecule has 1 aliphatic heterocycles. The van der Waals surface area contributed by atoms with Gasteiger partial charge in [-0.3, -0.25) is 9.69 Å². The first-order chi connectivity index (χ1) is 16.1. The molecule has 1 aromatic carbocycles. The smallest absolute Gasteiger partial charge is 0.293 e. The summed E-state index contributed by atoms with van der Waals surface area (Å²) in [5.41, 5.74) is 10.8. The summed E-state index contributed by atoms with van der Waals surface area (Å²) in [5, 5.41) is 3.42. The third-order valence-corrected chi connectivity index (χ3v) is 6.49. The van der Waals surface area contributed by atoms with Gasteiger partial charge >= 0.3 is 0 Å². The molecular weight excluding hydrogens is 410 g/mol. The summed E-state index contributed by atoms with van der Waals surface area (Å²) >= 11 is 0. The number of likely N-dealkylation sites (tertiary alicyclic amines) is 1. The van der Waals surface area contributed by atoms with Crippen LogP contribution in [0.1, 0.15) is 38.2 Å². The van der Waals surface area contributed by atoms with Crippen LogP contribution in [0.4, 0.5) is 5.82 Å². The Balaban J connectivity index is 1.30. The quantitative estimate of drug-likeness (QED) is 0.646. The number of hydrogen-bond donors (Lipinski definition) is 2. The predicted molar refractivity (Wildman–Crippen MR) is 136 cm³/mol. The van der Waals surface area contributed by atoms with Crippen LogP contribution in [-0.4, -0.2) is 46.7 Å². The molecule has 1 saturated heterocycles. The normalized spacial score (nSPS) is 18.1. The fourth-order valence-electron chi connectivity index (χ4n) is 4.58. The Bertz CT molecular complexity index is 1080. The Labute approximate surface area is 196 Å². The van der Waals surface area contributed by atoms with E-state index in [2.05, 4.69) is 64.6 Å². The maximum Gasteiger partial charge on any atom is 0.293 e. The van der Waals surface area contributed by atoms with Gasteiger partial charge in [0.1, 0.15) is 0 Å². The first-order valence-corrected chi connectivity index (χ1v) is 11.9. The zero-order valence-corrected chi connectivity index (χ0v) is 19.5. The van der Waals surface area contributed by atoms with E-state index in [1.54, 1.807) is 17.0 Å². The number of nitrogens with zero attached hydrogens (tertiary/aromatic N) is 3. The minimum atomic E-state index is -0.0453. The van der Waals surface area contributed by atoms with E-state index in [0.29, 0.717) is 18.9 Å². The Hall–Kier alpha value is -2.96. The molecule has 0 atom stereocenters. The van der Waals surface area contributed by atoms with E-state index in [-0.39, 0.29) is 11.6 Å². The molecule has 0 bridgehead atoms. The van der Waals surface area contributed by atoms with Crippen molar-refractivity contribution in [3.8, 4) is 0 Å². The van der Waals surface area contributed by atoms with Gasteiger partial charge in [0.05, 0.1) is 0 Å². The van der Waals surface area contributed by atoms with Crippen LogP contribution in [0.15, 0.2) is 76.4 Å². The number of piperidine rings is 1. The molecule has 6 heteroatoms. The second-order valence-electron chi connectivity index (χ2n) is 9.16. The maximum atomic E-state index is 13.0. The molecule has 2 aromatic rings. The minimum absolute atomic E-state index is 0.0453. The first-order valence-electron chi connectivity index (χ1n) is 11.9. The fourth-order valence-corrected chi connectivity index (χ4v) is 4.58. The summed E-state index contributed by atoms with van der Waals surface area (Å²) in [6.07, 6.45) is 13.9. The maximum absolute atomic E-state index is 13.0. The number of hydrogen-bond acceptors (Lipinski definition) is 5. The van der Waals surface area contributed by atoms with Crippen molar-refractivity contribution in [3.63, 3.8) is 0 Å². The third kappa shape index (κ3) is 6.53. The van der Waals surface area contributed by atoms with E-state index in [0.717, 1.165) is 45.3 Å². The first kappa shape index (κ1) is 23.2. The van der Waals surface area contributed by atoms with Crippen molar-refractivity contribution >= 4 is 11.9 Å². The van der Waals surface area contributed by atoms with Gasteiger partial charge in [-0.05, 0) is 38.2 Å². The lowest BCUT2D eigenvalue weighted by molar-refractivity contribution is 0.236. The van der Waals surface area contributed by atoms with Crippen LogP contribution in [-0.2, 0) is 6.54 Å². The van der Waals surface area contributed by atoms with E-state index in [1.165, 1.54) is 22.3 Å². The summed E-state index contributed by atoms with van der Waals surface area (Å²) in [4.78, 5) is 19.8. The van der Waals surface area contributed by atoms with Crippen molar-refractivity contribution in [2.75, 3.05) is 31.5 Å². The van der Waals surface area contributed by atoms with Gasteiger partial charge in [0.2, 0.25) is 0 Å². The SMILES string of the molecule is C/C(=C\c1ccccc1)CN1CCC(Nc2nccn(CC3=CC=C(CN)CC3)c2=O)CC1. The molecule has 1 aromatic heterocycles. The molecule has 3 N–H and O–H groups in total. The third-order valence-electron chi connectivity index (χ3n) is 6.49. The fraction of sp³-hybridized carbons (Fsp3) is 0.407. The number of rotatable bonds is 8. The van der Waals surface area contributed by atoms with Gasteiger partial charge in [0.15, 0.2) is 5.82 Å². The number of nitrogens with two attached hydrogens (primary N) is 1. The van der Waals surface area contributed by atoms with Gasteiger partial charge in [0.25, 0.3) is 5.56 Å². The highest BCUT2D eigenvalue weighted by atomic mass is 16.1. The van der Waals surface area contributed by atoms with Gasteiger partial charge in [-0.1, -0.05) is 65.3 Å². The molecule has 1 aliphatic carbocycles. The highest BCUT2D eigenvalue weighted by molar-refractivity contribution is 5.52. The topological polar surface area (TPSA) is 76.2 Å². The lowest BCUT2D eigenvalue weighted by Gasteiger charge is -2.32. The molecule has 174 valence electrons. The van der Waals surface area contributed by atoms with Crippen LogP contribution in [0.5, 0.6) is 0 Å². The van der Waals surface area contributed by atoms with Crippen molar-refractivity contribution in [2.45, 2.75) is 45.2 Å². The second-order valence-corrected chi connectivity index (χ2v) is 9.16. The molecular formula is C27H35N5O. The molecule has 0 radical (unpaired) electrons. The van der Waals surface area contributed by atoms with Gasteiger partial charge in [0, 0.05) is 51.2 Å². The average Bonchev–Trinajstić information content (AvgIpc) is 2.84. The van der Waals surface area contributed by atoms with Crippen LogP contribution in [0.2, 0.25) is 0 Å². The molecule has 1 fully saturated rings. The predicted octanol–water partition coefficient (Wildman–Crippen LogP) is 3.83. The van der Waals surface area contributed by atoms with Crippen LogP contribution in [0.3, 0.4) is 0 Å². The standard InChI is InChI=1S/C27H35N5O/c1-21(17-22-5-3-2-4-6-22)19-31-14-11-25(12-15-31)30-26-27(33)32(16-13-29-26)20-24-9-7-23(18-28)8-10-24/h2-7,9,13,16-17,25H,8,10-12,14-15,18-20,28H2,1H3,(H,29,30)/b21-17+. The minimum Gasteiger partial charge on any atom is -0.363 e. The lowest BCUT2D eigenvalue weighted by atomic mass is 9.98. The highest BCUT2D eigenvalue weighted by Gasteiger charge is 2.20. The lowest BCUT2D eigenvalue weighted by Crippen LogP contribution is -2.41. The van der Waals surface area contributed by atoms with Crippen LogP contribution < -0.4 is 16.6 Å². The van der Waals surface area contributed by atoms with E-state index >= 15 is 0 Å². The number of aromatic nitrogens is 2.